The highest BCUT2D eigenvalue weighted by Crippen LogP contribution is 2.28. The van der Waals surface area contributed by atoms with Gasteiger partial charge in [-0.3, -0.25) is 9.89 Å². The van der Waals surface area contributed by atoms with E-state index in [0.29, 0.717) is 12.0 Å². The van der Waals surface area contributed by atoms with Crippen molar-refractivity contribution in [2.24, 2.45) is 16.8 Å². The summed E-state index contributed by atoms with van der Waals surface area (Å²) in [5.41, 5.74) is 0. The molecule has 1 N–H and O–H groups in total. The Morgan fingerprint density at radius 1 is 1.33 bits per heavy atom. The van der Waals surface area contributed by atoms with Crippen LogP contribution in [0.15, 0.2) is 4.99 Å². The molecule has 6 nitrogen and oxygen atoms in total. The minimum absolute atomic E-state index is 0.505. The molecular formula is C18H36N4O2. The van der Waals surface area contributed by atoms with Crippen molar-refractivity contribution in [3.63, 3.8) is 0 Å². The van der Waals surface area contributed by atoms with Crippen LogP contribution in [0.4, 0.5) is 0 Å². The van der Waals surface area contributed by atoms with Crippen molar-refractivity contribution < 1.29 is 9.47 Å². The van der Waals surface area contributed by atoms with E-state index in [1.165, 1.54) is 12.8 Å². The van der Waals surface area contributed by atoms with Gasteiger partial charge in [-0.15, -0.1) is 0 Å². The summed E-state index contributed by atoms with van der Waals surface area (Å²) in [4.78, 5) is 9.11. The Labute approximate surface area is 147 Å². The molecule has 0 amide bonds. The van der Waals surface area contributed by atoms with Crippen LogP contribution >= 0.6 is 0 Å². The predicted octanol–water partition coefficient (Wildman–Crippen LogP) is 1.28. The molecule has 2 aliphatic rings. The summed E-state index contributed by atoms with van der Waals surface area (Å²) in [6.45, 7) is 11.8. The molecule has 1 atom stereocenters. The van der Waals surface area contributed by atoms with Gasteiger partial charge in [0.2, 0.25) is 0 Å². The van der Waals surface area contributed by atoms with E-state index in [1.54, 1.807) is 0 Å². The van der Waals surface area contributed by atoms with Gasteiger partial charge in [-0.25, -0.2) is 0 Å². The van der Waals surface area contributed by atoms with Gasteiger partial charge in [0, 0.05) is 52.9 Å². The largest absolute Gasteiger partial charge is 0.379 e. The molecule has 1 heterocycles. The third-order valence-corrected chi connectivity index (χ3v) is 4.95. The summed E-state index contributed by atoms with van der Waals surface area (Å²) in [5.74, 6) is 2.37. The summed E-state index contributed by atoms with van der Waals surface area (Å²) in [7, 11) is 3.93. The molecule has 0 radical (unpaired) electrons. The van der Waals surface area contributed by atoms with E-state index >= 15 is 0 Å². The molecule has 1 unspecified atom stereocenters. The van der Waals surface area contributed by atoms with Crippen LogP contribution in [0.25, 0.3) is 0 Å². The Kier molecular flexibility index (Phi) is 8.29. The maximum absolute atomic E-state index is 5.74. The molecule has 1 saturated heterocycles. The lowest BCUT2D eigenvalue weighted by Crippen LogP contribution is -2.53. The summed E-state index contributed by atoms with van der Waals surface area (Å²) in [5, 5.41) is 3.55. The molecule has 2 rings (SSSR count). The molecule has 140 valence electrons. The smallest absolute Gasteiger partial charge is 0.193 e. The molecule has 24 heavy (non-hydrogen) atoms. The third-order valence-electron chi connectivity index (χ3n) is 4.95. The molecule has 1 aliphatic heterocycles. The quantitative estimate of drug-likeness (QED) is 0.389. The number of aliphatic imine (C=N–C) groups is 1. The highest BCUT2D eigenvalue weighted by Gasteiger charge is 2.24. The first-order valence-corrected chi connectivity index (χ1v) is 9.43. The second-order valence-corrected chi connectivity index (χ2v) is 7.33. The van der Waals surface area contributed by atoms with Gasteiger partial charge in [0.25, 0.3) is 0 Å². The van der Waals surface area contributed by atoms with Crippen LogP contribution < -0.4 is 5.32 Å². The van der Waals surface area contributed by atoms with Crippen molar-refractivity contribution in [3.8, 4) is 0 Å². The monoisotopic (exact) mass is 340 g/mol. The first kappa shape index (κ1) is 19.5. The zero-order valence-electron chi connectivity index (χ0n) is 16.0. The number of likely N-dealkylation sites (N-methyl/N-ethyl adjacent to an activating group) is 1. The van der Waals surface area contributed by atoms with Gasteiger partial charge >= 0.3 is 0 Å². The minimum Gasteiger partial charge on any atom is -0.379 e. The van der Waals surface area contributed by atoms with Gasteiger partial charge in [-0.05, 0) is 24.7 Å². The highest BCUT2D eigenvalue weighted by molar-refractivity contribution is 5.79. The van der Waals surface area contributed by atoms with Crippen molar-refractivity contribution in [3.05, 3.63) is 0 Å². The Morgan fingerprint density at radius 2 is 2.04 bits per heavy atom. The van der Waals surface area contributed by atoms with E-state index in [2.05, 4.69) is 41.0 Å². The van der Waals surface area contributed by atoms with E-state index in [4.69, 9.17) is 9.47 Å². The van der Waals surface area contributed by atoms with E-state index in [-0.39, 0.29) is 0 Å². The molecule has 0 spiro atoms. The number of hydrogen-bond acceptors (Lipinski definition) is 4. The molecule has 0 aromatic heterocycles. The number of rotatable bonds is 9. The standard InChI is InChI=1S/C18H36N4O2/c1-15(2)17(22-8-11-23-12-9-22)13-20-18(19-3)21(4)7-10-24-14-16-5-6-16/h15-17H,5-14H2,1-4H3,(H,19,20). The fraction of sp³-hybridized carbons (Fsp3) is 0.944. The summed E-state index contributed by atoms with van der Waals surface area (Å²) in [6, 6.07) is 0.505. The van der Waals surface area contributed by atoms with Crippen LogP contribution in [0, 0.1) is 11.8 Å². The molecule has 1 saturated carbocycles. The maximum atomic E-state index is 5.74. The number of hydrogen-bond donors (Lipinski definition) is 1. The average molecular weight is 341 g/mol. The second-order valence-electron chi connectivity index (χ2n) is 7.33. The lowest BCUT2D eigenvalue weighted by molar-refractivity contribution is 0.00739. The highest BCUT2D eigenvalue weighted by atomic mass is 16.5. The Morgan fingerprint density at radius 3 is 2.62 bits per heavy atom. The van der Waals surface area contributed by atoms with E-state index in [0.717, 1.165) is 64.5 Å². The summed E-state index contributed by atoms with van der Waals surface area (Å²) in [6.07, 6.45) is 2.69. The number of nitrogens with zero attached hydrogens (tertiary/aromatic N) is 3. The lowest BCUT2D eigenvalue weighted by Gasteiger charge is -2.37. The van der Waals surface area contributed by atoms with Crippen molar-refractivity contribution >= 4 is 5.96 Å². The van der Waals surface area contributed by atoms with Gasteiger partial charge < -0.3 is 19.7 Å². The minimum atomic E-state index is 0.505. The maximum Gasteiger partial charge on any atom is 0.193 e. The second kappa shape index (κ2) is 10.2. The SMILES string of the molecule is CN=C(NCC(C(C)C)N1CCOCC1)N(C)CCOCC1CC1. The molecule has 1 aliphatic carbocycles. The van der Waals surface area contributed by atoms with Crippen LogP contribution in [0.3, 0.4) is 0 Å². The number of nitrogens with one attached hydrogen (secondary N) is 1. The number of guanidine groups is 1. The third kappa shape index (κ3) is 6.57. The molecule has 0 bridgehead atoms. The summed E-state index contributed by atoms with van der Waals surface area (Å²) >= 11 is 0. The average Bonchev–Trinajstić information content (AvgIpc) is 3.40. The van der Waals surface area contributed by atoms with Gasteiger partial charge in [0.05, 0.1) is 19.8 Å². The normalized spacial score (nSPS) is 21.1. The van der Waals surface area contributed by atoms with Crippen LogP contribution in [0.1, 0.15) is 26.7 Å². The Balaban J connectivity index is 1.72. The van der Waals surface area contributed by atoms with Gasteiger partial charge in [0.15, 0.2) is 5.96 Å². The van der Waals surface area contributed by atoms with Crippen LogP contribution in [-0.2, 0) is 9.47 Å². The first-order valence-electron chi connectivity index (χ1n) is 9.43. The topological polar surface area (TPSA) is 49.3 Å². The molecule has 0 aromatic carbocycles. The van der Waals surface area contributed by atoms with Crippen molar-refractivity contribution in [2.75, 3.05) is 66.7 Å². The Hall–Kier alpha value is -0.850. The van der Waals surface area contributed by atoms with E-state index in [9.17, 15) is 0 Å². The first-order chi connectivity index (χ1) is 11.6. The van der Waals surface area contributed by atoms with Crippen LogP contribution in [-0.4, -0.2) is 88.5 Å². The zero-order chi connectivity index (χ0) is 17.4. The fourth-order valence-electron chi connectivity index (χ4n) is 3.12. The number of ether oxygens (including phenoxy) is 2. The lowest BCUT2D eigenvalue weighted by atomic mass is 10.0. The van der Waals surface area contributed by atoms with E-state index in [1.807, 2.05) is 7.05 Å². The van der Waals surface area contributed by atoms with Crippen LogP contribution in [0.2, 0.25) is 0 Å². The zero-order valence-corrected chi connectivity index (χ0v) is 16.0. The fourth-order valence-corrected chi connectivity index (χ4v) is 3.12. The summed E-state index contributed by atoms with van der Waals surface area (Å²) < 4.78 is 11.2. The van der Waals surface area contributed by atoms with E-state index < -0.39 is 0 Å². The van der Waals surface area contributed by atoms with Gasteiger partial charge in [-0.2, -0.15) is 0 Å². The van der Waals surface area contributed by atoms with Crippen LogP contribution in [0.5, 0.6) is 0 Å². The van der Waals surface area contributed by atoms with Crippen molar-refractivity contribution in [1.82, 2.24) is 15.1 Å². The molecule has 0 aromatic rings. The molecule has 2 fully saturated rings. The van der Waals surface area contributed by atoms with Crippen molar-refractivity contribution in [2.45, 2.75) is 32.7 Å². The molecule has 6 heteroatoms. The van der Waals surface area contributed by atoms with Gasteiger partial charge in [0.1, 0.15) is 0 Å². The Bertz CT molecular complexity index is 379. The molecular weight excluding hydrogens is 304 g/mol. The predicted molar refractivity (Wildman–Crippen MR) is 98.6 cm³/mol. The van der Waals surface area contributed by atoms with Gasteiger partial charge in [-0.1, -0.05) is 13.8 Å². The number of morpholine rings is 1. The van der Waals surface area contributed by atoms with Crippen molar-refractivity contribution in [1.29, 1.82) is 0 Å².